The number of hydrogen-bond donors (Lipinski definition) is 4. The zero-order valence-electron chi connectivity index (χ0n) is 10.9. The summed E-state index contributed by atoms with van der Waals surface area (Å²) in [5.74, 6) is -0.0320. The van der Waals surface area contributed by atoms with E-state index >= 15 is 0 Å². The van der Waals surface area contributed by atoms with Gasteiger partial charge in [-0.25, -0.2) is 0 Å². The van der Waals surface area contributed by atoms with Crippen LogP contribution in [-0.4, -0.2) is 20.3 Å². The van der Waals surface area contributed by atoms with Crippen molar-refractivity contribution in [3.8, 4) is 0 Å². The molecule has 0 aliphatic carbocycles. The van der Waals surface area contributed by atoms with Gasteiger partial charge in [-0.3, -0.25) is 16.1 Å². The minimum Gasteiger partial charge on any atom is -0.598 e. The average Bonchev–Trinajstić information content (AvgIpc) is 2.75. The Labute approximate surface area is 114 Å². The molecule has 0 saturated carbocycles. The largest absolute Gasteiger partial charge is 0.598 e. The Bertz CT molecular complexity index is 415. The highest BCUT2D eigenvalue weighted by Crippen LogP contribution is 2.25. The molecule has 18 heavy (non-hydrogen) atoms. The lowest BCUT2D eigenvalue weighted by Crippen LogP contribution is -2.40. The Balaban J connectivity index is 2.70. The molecule has 1 unspecified atom stereocenters. The van der Waals surface area contributed by atoms with E-state index in [4.69, 9.17) is 10.6 Å². The van der Waals surface area contributed by atoms with Crippen molar-refractivity contribution in [2.75, 3.05) is 0 Å². The summed E-state index contributed by atoms with van der Waals surface area (Å²) >= 11 is 0.249. The van der Waals surface area contributed by atoms with Gasteiger partial charge in [0.1, 0.15) is 4.75 Å². The summed E-state index contributed by atoms with van der Waals surface area (Å²) in [5, 5.41) is 16.1. The SMILES string of the molecule is CC(N[S@+]([O-])C(C)(C)C)c1ccc(C(=N)NO)s1. The zero-order chi connectivity index (χ0) is 13.9. The topological polar surface area (TPSA) is 91.2 Å². The van der Waals surface area contributed by atoms with Crippen molar-refractivity contribution in [1.29, 1.82) is 5.41 Å². The summed E-state index contributed by atoms with van der Waals surface area (Å²) in [7, 11) is 0. The Morgan fingerprint density at radius 3 is 2.61 bits per heavy atom. The minimum absolute atomic E-state index is 0.0320. The first-order valence-electron chi connectivity index (χ1n) is 5.52. The molecule has 4 N–H and O–H groups in total. The third-order valence-electron chi connectivity index (χ3n) is 2.25. The van der Waals surface area contributed by atoms with Crippen molar-refractivity contribution in [2.24, 2.45) is 0 Å². The van der Waals surface area contributed by atoms with Crippen LogP contribution in [0.5, 0.6) is 0 Å². The summed E-state index contributed by atoms with van der Waals surface area (Å²) in [6.45, 7) is 7.66. The van der Waals surface area contributed by atoms with Gasteiger partial charge in [0.2, 0.25) is 0 Å². The average molecular weight is 289 g/mol. The predicted molar refractivity (Wildman–Crippen MR) is 75.5 cm³/mol. The van der Waals surface area contributed by atoms with Crippen LogP contribution in [-0.2, 0) is 11.4 Å². The molecule has 1 heterocycles. The van der Waals surface area contributed by atoms with Crippen LogP contribution in [0.2, 0.25) is 0 Å². The molecule has 0 bridgehead atoms. The normalized spacial score (nSPS) is 15.2. The number of rotatable bonds is 4. The minimum atomic E-state index is -1.13. The van der Waals surface area contributed by atoms with Crippen LogP contribution in [0.15, 0.2) is 12.1 Å². The smallest absolute Gasteiger partial charge is 0.159 e. The van der Waals surface area contributed by atoms with Gasteiger partial charge < -0.3 is 4.55 Å². The maximum atomic E-state index is 12.0. The summed E-state index contributed by atoms with van der Waals surface area (Å²) < 4.78 is 14.7. The lowest BCUT2D eigenvalue weighted by molar-refractivity contribution is 0.234. The fourth-order valence-corrected chi connectivity index (χ4v) is 2.96. The van der Waals surface area contributed by atoms with E-state index in [1.54, 1.807) is 6.07 Å². The van der Waals surface area contributed by atoms with Gasteiger partial charge in [0.15, 0.2) is 5.84 Å². The molecule has 0 spiro atoms. The Kier molecular flexibility index (Phi) is 5.18. The van der Waals surface area contributed by atoms with E-state index in [1.165, 1.54) is 11.3 Å². The molecule has 5 nitrogen and oxygen atoms in total. The second kappa shape index (κ2) is 6.03. The van der Waals surface area contributed by atoms with Gasteiger partial charge in [-0.05, 0) is 39.8 Å². The fraction of sp³-hybridized carbons (Fsp3) is 0.545. The van der Waals surface area contributed by atoms with Crippen LogP contribution in [0.4, 0.5) is 0 Å². The quantitative estimate of drug-likeness (QED) is 0.296. The molecule has 1 aromatic rings. The first-order valence-corrected chi connectivity index (χ1v) is 7.49. The van der Waals surface area contributed by atoms with Crippen LogP contribution in [0.3, 0.4) is 0 Å². The summed E-state index contributed by atoms with van der Waals surface area (Å²) in [4.78, 5) is 1.62. The van der Waals surface area contributed by atoms with E-state index in [0.717, 1.165) is 4.88 Å². The van der Waals surface area contributed by atoms with Gasteiger partial charge in [0.25, 0.3) is 0 Å². The zero-order valence-corrected chi connectivity index (χ0v) is 12.5. The first kappa shape index (κ1) is 15.5. The van der Waals surface area contributed by atoms with Crippen molar-refractivity contribution in [3.05, 3.63) is 21.9 Å². The van der Waals surface area contributed by atoms with Gasteiger partial charge >= 0.3 is 0 Å². The van der Waals surface area contributed by atoms with Gasteiger partial charge in [0.05, 0.1) is 10.9 Å². The lowest BCUT2D eigenvalue weighted by atomic mass is 10.3. The molecular weight excluding hydrogens is 270 g/mol. The third kappa shape index (κ3) is 3.96. The van der Waals surface area contributed by atoms with Gasteiger partial charge in [-0.2, -0.15) is 0 Å². The van der Waals surface area contributed by atoms with Crippen molar-refractivity contribution in [3.63, 3.8) is 0 Å². The molecule has 0 fully saturated rings. The van der Waals surface area contributed by atoms with Crippen LogP contribution in [0.1, 0.15) is 43.5 Å². The molecule has 1 aromatic heterocycles. The third-order valence-corrected chi connectivity index (χ3v) is 5.22. The molecule has 102 valence electrons. The van der Waals surface area contributed by atoms with Crippen LogP contribution < -0.4 is 10.2 Å². The van der Waals surface area contributed by atoms with E-state index in [0.29, 0.717) is 4.88 Å². The van der Waals surface area contributed by atoms with Crippen LogP contribution in [0, 0.1) is 5.41 Å². The number of hydroxylamine groups is 1. The van der Waals surface area contributed by atoms with Crippen molar-refractivity contribution < 1.29 is 9.76 Å². The molecule has 0 aliphatic heterocycles. The second-order valence-corrected chi connectivity index (χ2v) is 8.02. The molecule has 0 radical (unpaired) electrons. The standard InChI is InChI=1S/C11H19N3O2S2/c1-7(14-18(16)11(2,3)4)8-5-6-9(17-8)10(12)13-15/h5-7,14-15H,1-4H3,(H2,12,13)/t7?,18-/m1/s1. The molecule has 1 rings (SSSR count). The lowest BCUT2D eigenvalue weighted by Gasteiger charge is -2.26. The van der Waals surface area contributed by atoms with E-state index < -0.39 is 11.4 Å². The Morgan fingerprint density at radius 1 is 1.50 bits per heavy atom. The highest BCUT2D eigenvalue weighted by molar-refractivity contribution is 7.90. The highest BCUT2D eigenvalue weighted by Gasteiger charge is 2.28. The number of hydrogen-bond acceptors (Lipinski definition) is 5. The molecule has 7 heteroatoms. The number of nitrogens with one attached hydrogen (secondary N) is 3. The summed E-state index contributed by atoms with van der Waals surface area (Å²) in [6.07, 6.45) is 0. The monoisotopic (exact) mass is 289 g/mol. The highest BCUT2D eigenvalue weighted by atomic mass is 32.2. The van der Waals surface area contributed by atoms with E-state index in [1.807, 2.05) is 39.2 Å². The van der Waals surface area contributed by atoms with E-state index in [-0.39, 0.29) is 16.6 Å². The molecular formula is C11H19N3O2S2. The molecule has 0 amide bonds. The first-order chi connectivity index (χ1) is 8.25. The van der Waals surface area contributed by atoms with E-state index in [9.17, 15) is 4.55 Å². The summed E-state index contributed by atoms with van der Waals surface area (Å²) in [5.41, 5.74) is 1.81. The second-order valence-electron chi connectivity index (χ2n) is 4.91. The number of thiophene rings is 1. The van der Waals surface area contributed by atoms with Gasteiger partial charge in [-0.1, -0.05) is 0 Å². The molecule has 0 aromatic carbocycles. The molecule has 2 atom stereocenters. The van der Waals surface area contributed by atoms with Crippen molar-refractivity contribution in [2.45, 2.75) is 38.5 Å². The summed E-state index contributed by atoms with van der Waals surface area (Å²) in [6, 6.07) is 3.56. The van der Waals surface area contributed by atoms with Gasteiger partial charge in [-0.15, -0.1) is 16.1 Å². The Morgan fingerprint density at radius 2 is 2.11 bits per heavy atom. The Hall–Kier alpha value is -0.600. The maximum absolute atomic E-state index is 12.0. The van der Waals surface area contributed by atoms with Gasteiger partial charge in [0, 0.05) is 16.2 Å². The predicted octanol–water partition coefficient (Wildman–Crippen LogP) is 2.17. The fourth-order valence-electron chi connectivity index (χ4n) is 1.17. The van der Waals surface area contributed by atoms with Crippen molar-refractivity contribution >= 4 is 28.5 Å². The molecule has 0 saturated heterocycles. The van der Waals surface area contributed by atoms with Crippen LogP contribution >= 0.6 is 11.3 Å². The van der Waals surface area contributed by atoms with Crippen molar-refractivity contribution in [1.82, 2.24) is 10.2 Å². The van der Waals surface area contributed by atoms with E-state index in [2.05, 4.69) is 4.72 Å². The number of amidine groups is 1. The molecule has 0 aliphatic rings. The maximum Gasteiger partial charge on any atom is 0.159 e. The van der Waals surface area contributed by atoms with Crippen LogP contribution in [0.25, 0.3) is 0 Å².